The second-order valence-electron chi connectivity index (χ2n) is 9.42. The molecule has 0 unspecified atom stereocenters. The molecule has 2 amide bonds. The maximum atomic E-state index is 13.8. The van der Waals surface area contributed by atoms with Gasteiger partial charge in [-0.3, -0.25) is 9.59 Å². The summed E-state index contributed by atoms with van der Waals surface area (Å²) in [7, 11) is 0. The first kappa shape index (κ1) is 22.1. The Hall–Kier alpha value is -3.66. The molecule has 1 fully saturated rings. The summed E-state index contributed by atoms with van der Waals surface area (Å²) in [5, 5.41) is 0. The van der Waals surface area contributed by atoms with Crippen LogP contribution in [0.2, 0.25) is 0 Å². The third-order valence-corrected chi connectivity index (χ3v) is 7.17. The van der Waals surface area contributed by atoms with E-state index in [1.165, 1.54) is 10.5 Å². The molecule has 0 aromatic heterocycles. The van der Waals surface area contributed by atoms with Crippen LogP contribution < -0.4 is 4.90 Å². The summed E-state index contributed by atoms with van der Waals surface area (Å²) in [6.07, 6.45) is 3.07. The molecule has 2 heterocycles. The average Bonchev–Trinajstić information content (AvgIpc) is 3.12. The molecule has 0 bridgehead atoms. The minimum absolute atomic E-state index is 0.214. The van der Waals surface area contributed by atoms with Crippen LogP contribution >= 0.6 is 0 Å². The predicted molar refractivity (Wildman–Crippen MR) is 136 cm³/mol. The van der Waals surface area contributed by atoms with Crippen molar-refractivity contribution in [3.05, 3.63) is 107 Å². The maximum Gasteiger partial charge on any atom is 0.282 e. The molecule has 1 saturated heterocycles. The third kappa shape index (κ3) is 4.16. The molecule has 34 heavy (non-hydrogen) atoms. The van der Waals surface area contributed by atoms with E-state index in [4.69, 9.17) is 0 Å². The number of piperidine rings is 1. The molecule has 0 spiro atoms. The summed E-state index contributed by atoms with van der Waals surface area (Å²) in [5.41, 5.74) is 6.07. The van der Waals surface area contributed by atoms with Crippen LogP contribution in [-0.4, -0.2) is 29.8 Å². The molecule has 0 N–H and O–H groups in total. The van der Waals surface area contributed by atoms with E-state index < -0.39 is 0 Å². The zero-order valence-corrected chi connectivity index (χ0v) is 19.8. The normalized spacial score (nSPS) is 17.1. The number of imide groups is 1. The molecule has 172 valence electrons. The van der Waals surface area contributed by atoms with Crippen molar-refractivity contribution in [2.24, 2.45) is 5.92 Å². The fraction of sp³-hybridized carbons (Fsp3) is 0.267. The van der Waals surface area contributed by atoms with Gasteiger partial charge in [-0.25, -0.2) is 4.90 Å². The Balaban J connectivity index is 1.44. The number of rotatable bonds is 5. The molecular formula is C30H30N2O2. The van der Waals surface area contributed by atoms with E-state index in [1.807, 2.05) is 68.4 Å². The largest absolute Gasteiger partial charge is 0.366 e. The van der Waals surface area contributed by atoms with Crippen LogP contribution in [0.5, 0.6) is 0 Å². The Kier molecular flexibility index (Phi) is 6.06. The number of carbonyl (C=O) groups excluding carboxylic acids is 2. The number of hydrogen-bond acceptors (Lipinski definition) is 3. The Bertz CT molecular complexity index is 1240. The van der Waals surface area contributed by atoms with Gasteiger partial charge in [-0.1, -0.05) is 66.7 Å². The summed E-state index contributed by atoms with van der Waals surface area (Å²) in [6.45, 7) is 5.60. The first-order valence-electron chi connectivity index (χ1n) is 12.1. The molecule has 4 nitrogen and oxygen atoms in total. The molecule has 3 aromatic rings. The number of carbonyl (C=O) groups is 2. The third-order valence-electron chi connectivity index (χ3n) is 7.17. The second kappa shape index (κ2) is 9.30. The number of amides is 2. The summed E-state index contributed by atoms with van der Waals surface area (Å²) < 4.78 is 0. The van der Waals surface area contributed by atoms with Crippen molar-refractivity contribution < 1.29 is 9.59 Å². The van der Waals surface area contributed by atoms with Crippen molar-refractivity contribution in [2.45, 2.75) is 33.1 Å². The van der Waals surface area contributed by atoms with Gasteiger partial charge in [-0.15, -0.1) is 0 Å². The van der Waals surface area contributed by atoms with Gasteiger partial charge in [0.2, 0.25) is 0 Å². The summed E-state index contributed by atoms with van der Waals surface area (Å²) in [5.74, 6) is 0.136. The smallest absolute Gasteiger partial charge is 0.282 e. The molecule has 0 aliphatic carbocycles. The average molecular weight is 451 g/mol. The van der Waals surface area contributed by atoms with Crippen molar-refractivity contribution in [3.63, 3.8) is 0 Å². The molecule has 0 saturated carbocycles. The first-order chi connectivity index (χ1) is 16.5. The number of hydrogen-bond donors (Lipinski definition) is 0. The highest BCUT2D eigenvalue weighted by Crippen LogP contribution is 2.37. The Labute approximate surface area is 201 Å². The van der Waals surface area contributed by atoms with E-state index in [9.17, 15) is 9.59 Å². The van der Waals surface area contributed by atoms with Crippen LogP contribution in [0.1, 0.15) is 35.1 Å². The lowest BCUT2D eigenvalue weighted by Crippen LogP contribution is -2.39. The molecule has 0 atom stereocenters. The zero-order chi connectivity index (χ0) is 23.7. The fourth-order valence-electron chi connectivity index (χ4n) is 5.08. The molecule has 2 aliphatic rings. The lowest BCUT2D eigenvalue weighted by Gasteiger charge is -2.34. The number of aryl methyl sites for hydroxylation is 2. The molecule has 4 heteroatoms. The SMILES string of the molecule is Cc1ccc(N2C(=O)C(c3ccccc3)=C(N3CCC(Cc4ccccc4)CC3)C2=O)cc1C. The molecule has 2 aliphatic heterocycles. The minimum atomic E-state index is -0.235. The van der Waals surface area contributed by atoms with Crippen molar-refractivity contribution in [1.82, 2.24) is 4.90 Å². The molecule has 3 aromatic carbocycles. The second-order valence-corrected chi connectivity index (χ2v) is 9.42. The lowest BCUT2D eigenvalue weighted by molar-refractivity contribution is -0.120. The predicted octanol–water partition coefficient (Wildman–Crippen LogP) is 5.54. The number of nitrogens with zero attached hydrogens (tertiary/aromatic N) is 2. The minimum Gasteiger partial charge on any atom is -0.366 e. The van der Waals surface area contributed by atoms with Crippen LogP contribution in [0, 0.1) is 19.8 Å². The van der Waals surface area contributed by atoms with Gasteiger partial charge in [-0.2, -0.15) is 0 Å². The standard InChI is InChI=1S/C30H30N2O2/c1-21-13-14-26(19-22(21)2)32-29(33)27(25-11-7-4-8-12-25)28(30(32)34)31-17-15-24(16-18-31)20-23-9-5-3-6-10-23/h3-14,19,24H,15-18,20H2,1-2H3. The van der Waals surface area contributed by atoms with Gasteiger partial charge in [0.1, 0.15) is 5.70 Å². The summed E-state index contributed by atoms with van der Waals surface area (Å²) in [6, 6.07) is 26.0. The van der Waals surface area contributed by atoms with Crippen LogP contribution in [0.4, 0.5) is 5.69 Å². The lowest BCUT2D eigenvalue weighted by atomic mass is 9.89. The van der Waals surface area contributed by atoms with Gasteiger partial charge >= 0.3 is 0 Å². The molecule has 0 radical (unpaired) electrons. The first-order valence-corrected chi connectivity index (χ1v) is 12.1. The number of benzene rings is 3. The number of anilines is 1. The monoisotopic (exact) mass is 450 g/mol. The number of likely N-dealkylation sites (tertiary alicyclic amines) is 1. The summed E-state index contributed by atoms with van der Waals surface area (Å²) >= 11 is 0. The van der Waals surface area contributed by atoms with Gasteiger partial charge in [0.25, 0.3) is 11.8 Å². The van der Waals surface area contributed by atoms with Crippen molar-refractivity contribution in [1.29, 1.82) is 0 Å². The van der Waals surface area contributed by atoms with E-state index in [2.05, 4.69) is 29.2 Å². The fourth-order valence-corrected chi connectivity index (χ4v) is 5.08. The van der Waals surface area contributed by atoms with Crippen molar-refractivity contribution >= 4 is 23.1 Å². The van der Waals surface area contributed by atoms with Crippen molar-refractivity contribution in [3.8, 4) is 0 Å². The molecular weight excluding hydrogens is 420 g/mol. The Morgan fingerprint density at radius 2 is 1.41 bits per heavy atom. The van der Waals surface area contributed by atoms with Crippen LogP contribution in [0.15, 0.2) is 84.6 Å². The van der Waals surface area contributed by atoms with Gasteiger partial charge in [-0.05, 0) is 73.4 Å². The highest BCUT2D eigenvalue weighted by molar-refractivity contribution is 6.45. The van der Waals surface area contributed by atoms with Crippen LogP contribution in [0.3, 0.4) is 0 Å². The highest BCUT2D eigenvalue weighted by Gasteiger charge is 2.43. The van der Waals surface area contributed by atoms with Gasteiger partial charge in [0.05, 0.1) is 11.3 Å². The summed E-state index contributed by atoms with van der Waals surface area (Å²) in [4.78, 5) is 31.0. The van der Waals surface area contributed by atoms with Crippen LogP contribution in [-0.2, 0) is 16.0 Å². The van der Waals surface area contributed by atoms with E-state index in [1.54, 1.807) is 0 Å². The van der Waals surface area contributed by atoms with E-state index >= 15 is 0 Å². The van der Waals surface area contributed by atoms with Crippen molar-refractivity contribution in [2.75, 3.05) is 18.0 Å². The van der Waals surface area contributed by atoms with E-state index in [0.717, 1.165) is 49.0 Å². The van der Waals surface area contributed by atoms with Crippen LogP contribution in [0.25, 0.3) is 5.57 Å². The zero-order valence-electron chi connectivity index (χ0n) is 19.8. The van der Waals surface area contributed by atoms with Gasteiger partial charge < -0.3 is 4.90 Å². The topological polar surface area (TPSA) is 40.6 Å². The quantitative estimate of drug-likeness (QED) is 0.479. The van der Waals surface area contributed by atoms with Gasteiger partial charge in [0, 0.05) is 13.1 Å². The molecule has 5 rings (SSSR count). The van der Waals surface area contributed by atoms with E-state index in [0.29, 0.717) is 22.9 Å². The maximum absolute atomic E-state index is 13.8. The van der Waals surface area contributed by atoms with Gasteiger partial charge in [0.15, 0.2) is 0 Å². The van der Waals surface area contributed by atoms with E-state index in [-0.39, 0.29) is 11.8 Å². The Morgan fingerprint density at radius 3 is 2.06 bits per heavy atom. The highest BCUT2D eigenvalue weighted by atomic mass is 16.2. The Morgan fingerprint density at radius 1 is 0.765 bits per heavy atom.